The third-order valence-corrected chi connectivity index (χ3v) is 3.76. The van der Waals surface area contributed by atoms with E-state index in [0.717, 1.165) is 19.5 Å². The summed E-state index contributed by atoms with van der Waals surface area (Å²) in [6.45, 7) is 6.02. The van der Waals surface area contributed by atoms with Gasteiger partial charge in [-0.3, -0.25) is 0 Å². The summed E-state index contributed by atoms with van der Waals surface area (Å²) in [6, 6.07) is 13.4. The minimum Gasteiger partial charge on any atom is -0.340 e. The van der Waals surface area contributed by atoms with Gasteiger partial charge in [-0.05, 0) is 50.1 Å². The lowest BCUT2D eigenvalue weighted by Crippen LogP contribution is -2.05. The first-order chi connectivity index (χ1) is 9.20. The van der Waals surface area contributed by atoms with Crippen LogP contribution in [0.3, 0.4) is 0 Å². The molecule has 0 aliphatic carbocycles. The third-order valence-electron chi connectivity index (χ3n) is 3.76. The van der Waals surface area contributed by atoms with E-state index in [2.05, 4.69) is 54.8 Å². The maximum Gasteiger partial charge on any atom is 0.0494 e. The molecule has 0 saturated carbocycles. The number of hydrogen-bond donors (Lipinski definition) is 1. The lowest BCUT2D eigenvalue weighted by molar-refractivity contribution is 0.687. The van der Waals surface area contributed by atoms with Crippen molar-refractivity contribution in [1.82, 2.24) is 4.57 Å². The zero-order valence-corrected chi connectivity index (χ0v) is 11.6. The highest BCUT2D eigenvalue weighted by molar-refractivity contribution is 6.08. The Labute approximate surface area is 113 Å². The molecule has 3 aromatic rings. The summed E-state index contributed by atoms with van der Waals surface area (Å²) in [5.74, 6) is 0. The summed E-state index contributed by atoms with van der Waals surface area (Å²) < 4.78 is 2.41. The SMILES string of the molecule is Cc1ccc2c3ccc(C)cc3n(CCCN)c2c1. The van der Waals surface area contributed by atoms with E-state index in [1.807, 2.05) is 0 Å². The predicted molar refractivity (Wildman–Crippen MR) is 82.6 cm³/mol. The van der Waals surface area contributed by atoms with Gasteiger partial charge in [0.25, 0.3) is 0 Å². The molecular weight excluding hydrogens is 232 g/mol. The van der Waals surface area contributed by atoms with Crippen LogP contribution in [0.4, 0.5) is 0 Å². The highest BCUT2D eigenvalue weighted by atomic mass is 15.0. The average Bonchev–Trinajstić information content (AvgIpc) is 2.68. The maximum atomic E-state index is 5.68. The van der Waals surface area contributed by atoms with Crippen LogP contribution in [-0.2, 0) is 6.54 Å². The Morgan fingerprint density at radius 3 is 1.89 bits per heavy atom. The molecule has 0 fully saturated rings. The molecule has 0 bridgehead atoms. The number of nitrogens with two attached hydrogens (primary N) is 1. The Kier molecular flexibility index (Phi) is 3.03. The molecule has 0 unspecified atom stereocenters. The zero-order chi connectivity index (χ0) is 13.4. The summed E-state index contributed by atoms with van der Waals surface area (Å²) in [5.41, 5.74) is 10.9. The van der Waals surface area contributed by atoms with E-state index in [-0.39, 0.29) is 0 Å². The molecule has 0 atom stereocenters. The largest absolute Gasteiger partial charge is 0.340 e. The lowest BCUT2D eigenvalue weighted by Gasteiger charge is -2.07. The van der Waals surface area contributed by atoms with Crippen molar-refractivity contribution in [3.63, 3.8) is 0 Å². The van der Waals surface area contributed by atoms with Gasteiger partial charge in [-0.2, -0.15) is 0 Å². The van der Waals surface area contributed by atoms with E-state index in [9.17, 15) is 0 Å². The Morgan fingerprint density at radius 2 is 1.42 bits per heavy atom. The van der Waals surface area contributed by atoms with Crippen LogP contribution in [0.25, 0.3) is 21.8 Å². The molecule has 2 nitrogen and oxygen atoms in total. The Morgan fingerprint density at radius 1 is 0.895 bits per heavy atom. The first-order valence-electron chi connectivity index (χ1n) is 6.90. The molecule has 0 saturated heterocycles. The highest BCUT2D eigenvalue weighted by Crippen LogP contribution is 2.30. The zero-order valence-electron chi connectivity index (χ0n) is 11.6. The molecule has 0 aliphatic rings. The Hall–Kier alpha value is -1.80. The fraction of sp³-hybridized carbons (Fsp3) is 0.294. The van der Waals surface area contributed by atoms with Crippen molar-refractivity contribution in [3.8, 4) is 0 Å². The maximum absolute atomic E-state index is 5.68. The normalized spacial score (nSPS) is 11.5. The monoisotopic (exact) mass is 252 g/mol. The van der Waals surface area contributed by atoms with Crippen molar-refractivity contribution in [1.29, 1.82) is 0 Å². The second-order valence-corrected chi connectivity index (χ2v) is 5.34. The van der Waals surface area contributed by atoms with E-state index < -0.39 is 0 Å². The predicted octanol–water partition coefficient (Wildman–Crippen LogP) is 3.76. The fourth-order valence-corrected chi connectivity index (χ4v) is 2.81. The van der Waals surface area contributed by atoms with Gasteiger partial charge in [-0.1, -0.05) is 24.3 Å². The first-order valence-corrected chi connectivity index (χ1v) is 6.90. The number of benzene rings is 2. The standard InChI is InChI=1S/C17H20N2/c1-12-4-6-14-15-7-5-13(2)11-17(15)19(9-3-8-18)16(14)10-12/h4-7,10-11H,3,8-9,18H2,1-2H3. The Balaban J connectivity index is 2.36. The van der Waals surface area contributed by atoms with Crippen molar-refractivity contribution >= 4 is 21.8 Å². The van der Waals surface area contributed by atoms with Crippen LogP contribution >= 0.6 is 0 Å². The van der Waals surface area contributed by atoms with E-state index >= 15 is 0 Å². The number of rotatable bonds is 3. The molecule has 2 heteroatoms. The van der Waals surface area contributed by atoms with Gasteiger partial charge in [0, 0.05) is 28.4 Å². The smallest absolute Gasteiger partial charge is 0.0494 e. The fourth-order valence-electron chi connectivity index (χ4n) is 2.81. The molecule has 0 radical (unpaired) electrons. The minimum absolute atomic E-state index is 0.735. The molecule has 1 aromatic heterocycles. The average molecular weight is 252 g/mol. The van der Waals surface area contributed by atoms with Crippen molar-refractivity contribution in [3.05, 3.63) is 47.5 Å². The second-order valence-electron chi connectivity index (χ2n) is 5.34. The molecule has 1 heterocycles. The molecule has 0 aliphatic heterocycles. The molecular formula is C17H20N2. The molecule has 0 amide bonds. The lowest BCUT2D eigenvalue weighted by atomic mass is 10.1. The molecule has 3 rings (SSSR count). The topological polar surface area (TPSA) is 30.9 Å². The van der Waals surface area contributed by atoms with Gasteiger partial charge in [0.05, 0.1) is 0 Å². The van der Waals surface area contributed by atoms with Crippen molar-refractivity contribution < 1.29 is 0 Å². The van der Waals surface area contributed by atoms with Gasteiger partial charge >= 0.3 is 0 Å². The van der Waals surface area contributed by atoms with Crippen LogP contribution in [0.1, 0.15) is 17.5 Å². The third kappa shape index (κ3) is 2.02. The molecule has 19 heavy (non-hydrogen) atoms. The number of hydrogen-bond acceptors (Lipinski definition) is 1. The number of aryl methyl sites for hydroxylation is 3. The molecule has 98 valence electrons. The van der Waals surface area contributed by atoms with Gasteiger partial charge in [0.1, 0.15) is 0 Å². The van der Waals surface area contributed by atoms with Gasteiger partial charge in [-0.15, -0.1) is 0 Å². The van der Waals surface area contributed by atoms with Crippen LogP contribution in [0.2, 0.25) is 0 Å². The van der Waals surface area contributed by atoms with Crippen molar-refractivity contribution in [2.24, 2.45) is 5.73 Å². The van der Waals surface area contributed by atoms with Gasteiger partial charge in [-0.25, -0.2) is 0 Å². The van der Waals surface area contributed by atoms with Gasteiger partial charge in [0.2, 0.25) is 0 Å². The van der Waals surface area contributed by atoms with Gasteiger partial charge < -0.3 is 10.3 Å². The van der Waals surface area contributed by atoms with Crippen LogP contribution in [0, 0.1) is 13.8 Å². The molecule has 2 aromatic carbocycles. The van der Waals surface area contributed by atoms with Crippen LogP contribution in [0.15, 0.2) is 36.4 Å². The quantitative estimate of drug-likeness (QED) is 0.756. The number of nitrogens with zero attached hydrogens (tertiary/aromatic N) is 1. The van der Waals surface area contributed by atoms with Crippen molar-refractivity contribution in [2.75, 3.05) is 6.54 Å². The van der Waals surface area contributed by atoms with E-state index in [1.54, 1.807) is 0 Å². The van der Waals surface area contributed by atoms with Crippen molar-refractivity contribution in [2.45, 2.75) is 26.8 Å². The van der Waals surface area contributed by atoms with Crippen LogP contribution < -0.4 is 5.73 Å². The summed E-state index contributed by atoms with van der Waals surface area (Å²) >= 11 is 0. The Bertz CT molecular complexity index is 678. The minimum atomic E-state index is 0.735. The molecule has 0 spiro atoms. The van der Waals surface area contributed by atoms with Crippen LogP contribution in [0.5, 0.6) is 0 Å². The van der Waals surface area contributed by atoms with E-state index in [4.69, 9.17) is 5.73 Å². The summed E-state index contributed by atoms with van der Waals surface area (Å²) in [4.78, 5) is 0. The van der Waals surface area contributed by atoms with E-state index in [0.29, 0.717) is 0 Å². The highest BCUT2D eigenvalue weighted by Gasteiger charge is 2.10. The number of aromatic nitrogens is 1. The molecule has 2 N–H and O–H groups in total. The van der Waals surface area contributed by atoms with Gasteiger partial charge in [0.15, 0.2) is 0 Å². The van der Waals surface area contributed by atoms with E-state index in [1.165, 1.54) is 32.9 Å². The first kappa shape index (κ1) is 12.2. The second kappa shape index (κ2) is 4.71. The number of fused-ring (bicyclic) bond motifs is 3. The van der Waals surface area contributed by atoms with Crippen LogP contribution in [-0.4, -0.2) is 11.1 Å². The summed E-state index contributed by atoms with van der Waals surface area (Å²) in [7, 11) is 0. The summed E-state index contributed by atoms with van der Waals surface area (Å²) in [6.07, 6.45) is 1.01. The summed E-state index contributed by atoms with van der Waals surface area (Å²) in [5, 5.41) is 2.69.